The van der Waals surface area contributed by atoms with Crippen LogP contribution in [0.1, 0.15) is 18.9 Å². The monoisotopic (exact) mass is 337 g/mol. The average Bonchev–Trinajstić information content (AvgIpc) is 2.44. The van der Waals surface area contributed by atoms with Crippen molar-refractivity contribution in [2.75, 3.05) is 0 Å². The lowest BCUT2D eigenvalue weighted by atomic mass is 10.0. The maximum absolute atomic E-state index is 13.4. The van der Waals surface area contributed by atoms with Gasteiger partial charge in [0, 0.05) is 6.04 Å². The average molecular weight is 338 g/mol. The van der Waals surface area contributed by atoms with Crippen molar-refractivity contribution < 1.29 is 9.13 Å². The molecule has 1 unspecified atom stereocenters. The van der Waals surface area contributed by atoms with Crippen LogP contribution >= 0.6 is 15.9 Å². The van der Waals surface area contributed by atoms with Crippen LogP contribution in [-0.4, -0.2) is 6.04 Å². The highest BCUT2D eigenvalue weighted by Crippen LogP contribution is 2.32. The maximum Gasteiger partial charge on any atom is 0.141 e. The second-order valence-electron chi connectivity index (χ2n) is 4.66. The number of hydrogen-bond donors (Lipinski definition) is 1. The van der Waals surface area contributed by atoms with Gasteiger partial charge in [0.25, 0.3) is 0 Å². The lowest BCUT2D eigenvalue weighted by Crippen LogP contribution is -2.21. The molecule has 2 N–H and O–H groups in total. The van der Waals surface area contributed by atoms with E-state index in [1.807, 2.05) is 31.2 Å². The zero-order valence-corrected chi connectivity index (χ0v) is 12.9. The summed E-state index contributed by atoms with van der Waals surface area (Å²) in [5.41, 5.74) is 6.75. The fourth-order valence-electron chi connectivity index (χ4n) is 1.88. The molecule has 20 heavy (non-hydrogen) atoms. The maximum atomic E-state index is 13.4. The number of para-hydroxylation sites is 1. The molecule has 0 aliphatic carbocycles. The van der Waals surface area contributed by atoms with E-state index in [0.717, 1.165) is 16.5 Å². The number of hydrogen-bond acceptors (Lipinski definition) is 2. The van der Waals surface area contributed by atoms with Gasteiger partial charge in [-0.1, -0.05) is 19.1 Å². The van der Waals surface area contributed by atoms with Gasteiger partial charge >= 0.3 is 0 Å². The molecule has 4 heteroatoms. The SMILES string of the molecule is CCC(N)Cc1cc(F)ccc1Oc1ccccc1Br. The van der Waals surface area contributed by atoms with E-state index >= 15 is 0 Å². The van der Waals surface area contributed by atoms with Gasteiger partial charge in [0.1, 0.15) is 17.3 Å². The first kappa shape index (κ1) is 15.0. The molecule has 0 aliphatic rings. The third-order valence-corrected chi connectivity index (χ3v) is 3.74. The Morgan fingerprint density at radius 1 is 1.20 bits per heavy atom. The molecule has 0 aliphatic heterocycles. The fourth-order valence-corrected chi connectivity index (χ4v) is 2.25. The Hall–Kier alpha value is -1.39. The van der Waals surface area contributed by atoms with E-state index in [0.29, 0.717) is 17.9 Å². The lowest BCUT2D eigenvalue weighted by Gasteiger charge is -2.15. The van der Waals surface area contributed by atoms with Crippen molar-refractivity contribution in [3.8, 4) is 11.5 Å². The fraction of sp³-hybridized carbons (Fsp3) is 0.250. The van der Waals surface area contributed by atoms with Gasteiger partial charge in [-0.3, -0.25) is 0 Å². The number of nitrogens with two attached hydrogens (primary N) is 1. The second-order valence-corrected chi connectivity index (χ2v) is 5.51. The van der Waals surface area contributed by atoms with Crippen LogP contribution in [0.4, 0.5) is 4.39 Å². The quantitative estimate of drug-likeness (QED) is 0.861. The molecule has 2 aromatic carbocycles. The molecule has 2 nitrogen and oxygen atoms in total. The van der Waals surface area contributed by atoms with E-state index < -0.39 is 0 Å². The van der Waals surface area contributed by atoms with Crippen LogP contribution in [0, 0.1) is 5.82 Å². The highest BCUT2D eigenvalue weighted by molar-refractivity contribution is 9.10. The van der Waals surface area contributed by atoms with E-state index in [1.54, 1.807) is 6.07 Å². The van der Waals surface area contributed by atoms with Crippen LogP contribution in [-0.2, 0) is 6.42 Å². The van der Waals surface area contributed by atoms with Gasteiger partial charge in [-0.05, 0) is 64.7 Å². The summed E-state index contributed by atoms with van der Waals surface area (Å²) in [6, 6.07) is 12.1. The van der Waals surface area contributed by atoms with E-state index in [1.165, 1.54) is 12.1 Å². The molecule has 0 fully saturated rings. The summed E-state index contributed by atoms with van der Waals surface area (Å²) >= 11 is 3.43. The number of rotatable bonds is 5. The van der Waals surface area contributed by atoms with E-state index in [9.17, 15) is 4.39 Å². The third kappa shape index (κ3) is 3.81. The summed E-state index contributed by atoms with van der Waals surface area (Å²) in [6.07, 6.45) is 1.43. The Morgan fingerprint density at radius 3 is 2.65 bits per heavy atom. The molecule has 0 saturated carbocycles. The highest BCUT2D eigenvalue weighted by atomic mass is 79.9. The van der Waals surface area contributed by atoms with Gasteiger partial charge in [0.15, 0.2) is 0 Å². The molecule has 2 rings (SSSR count). The molecular formula is C16H17BrFNO. The van der Waals surface area contributed by atoms with Crippen LogP contribution < -0.4 is 10.5 Å². The zero-order chi connectivity index (χ0) is 14.5. The number of benzene rings is 2. The van der Waals surface area contributed by atoms with Crippen LogP contribution in [0.15, 0.2) is 46.9 Å². The smallest absolute Gasteiger partial charge is 0.141 e. The van der Waals surface area contributed by atoms with Gasteiger partial charge in [-0.2, -0.15) is 0 Å². The number of halogens is 2. The van der Waals surface area contributed by atoms with E-state index in [2.05, 4.69) is 15.9 Å². The second kappa shape index (κ2) is 6.86. The van der Waals surface area contributed by atoms with Gasteiger partial charge in [-0.25, -0.2) is 4.39 Å². The zero-order valence-electron chi connectivity index (χ0n) is 11.3. The predicted octanol–water partition coefficient (Wildman–Crippen LogP) is 4.66. The van der Waals surface area contributed by atoms with Crippen LogP contribution in [0.3, 0.4) is 0 Å². The molecule has 0 amide bonds. The minimum absolute atomic E-state index is 0.00151. The summed E-state index contributed by atoms with van der Waals surface area (Å²) in [4.78, 5) is 0. The Bertz CT molecular complexity index is 588. The molecule has 0 aromatic heterocycles. The molecule has 2 aromatic rings. The lowest BCUT2D eigenvalue weighted by molar-refractivity contribution is 0.466. The number of ether oxygens (including phenoxy) is 1. The summed E-state index contributed by atoms with van der Waals surface area (Å²) < 4.78 is 20.1. The van der Waals surface area contributed by atoms with E-state index in [4.69, 9.17) is 10.5 Å². The standard InChI is InChI=1S/C16H17BrFNO/c1-2-13(19)10-11-9-12(18)7-8-15(11)20-16-6-4-3-5-14(16)17/h3-9,13H,2,10,19H2,1H3. The molecule has 106 valence electrons. The van der Waals surface area contributed by atoms with Crippen molar-refractivity contribution in [1.82, 2.24) is 0 Å². The summed E-state index contributed by atoms with van der Waals surface area (Å²) in [5.74, 6) is 1.07. The molecule has 0 spiro atoms. The normalized spacial score (nSPS) is 12.2. The topological polar surface area (TPSA) is 35.2 Å². The largest absolute Gasteiger partial charge is 0.456 e. The Morgan fingerprint density at radius 2 is 1.95 bits per heavy atom. The Balaban J connectivity index is 2.29. The van der Waals surface area contributed by atoms with Crippen molar-refractivity contribution in [2.45, 2.75) is 25.8 Å². The molecule has 1 atom stereocenters. The Kier molecular flexibility index (Phi) is 5.15. The first-order chi connectivity index (χ1) is 9.60. The van der Waals surface area contributed by atoms with Gasteiger partial charge < -0.3 is 10.5 Å². The van der Waals surface area contributed by atoms with Crippen molar-refractivity contribution in [1.29, 1.82) is 0 Å². The molecule has 0 saturated heterocycles. The highest BCUT2D eigenvalue weighted by Gasteiger charge is 2.11. The molecule has 0 radical (unpaired) electrons. The van der Waals surface area contributed by atoms with Crippen LogP contribution in [0.5, 0.6) is 11.5 Å². The van der Waals surface area contributed by atoms with Gasteiger partial charge in [0.2, 0.25) is 0 Å². The first-order valence-corrected chi connectivity index (χ1v) is 7.36. The third-order valence-electron chi connectivity index (χ3n) is 3.09. The van der Waals surface area contributed by atoms with Gasteiger partial charge in [0.05, 0.1) is 4.47 Å². The van der Waals surface area contributed by atoms with Crippen molar-refractivity contribution in [3.05, 3.63) is 58.3 Å². The van der Waals surface area contributed by atoms with Crippen LogP contribution in [0.2, 0.25) is 0 Å². The molecular weight excluding hydrogens is 321 g/mol. The van der Waals surface area contributed by atoms with Crippen molar-refractivity contribution in [3.63, 3.8) is 0 Å². The first-order valence-electron chi connectivity index (χ1n) is 6.56. The van der Waals surface area contributed by atoms with Crippen molar-refractivity contribution in [2.24, 2.45) is 5.73 Å². The van der Waals surface area contributed by atoms with Crippen molar-refractivity contribution >= 4 is 15.9 Å². The Labute approximate surface area is 126 Å². The predicted molar refractivity (Wildman–Crippen MR) is 82.6 cm³/mol. The van der Waals surface area contributed by atoms with Crippen LogP contribution in [0.25, 0.3) is 0 Å². The van der Waals surface area contributed by atoms with E-state index in [-0.39, 0.29) is 11.9 Å². The minimum Gasteiger partial charge on any atom is -0.456 e. The summed E-state index contributed by atoms with van der Waals surface area (Å²) in [5, 5.41) is 0. The summed E-state index contributed by atoms with van der Waals surface area (Å²) in [6.45, 7) is 2.01. The molecule has 0 bridgehead atoms. The minimum atomic E-state index is -0.275. The molecule has 0 heterocycles. The summed E-state index contributed by atoms with van der Waals surface area (Å²) in [7, 11) is 0. The van der Waals surface area contributed by atoms with Gasteiger partial charge in [-0.15, -0.1) is 0 Å².